The van der Waals surface area contributed by atoms with Crippen LogP contribution in [0.4, 0.5) is 4.39 Å². The molecule has 0 saturated carbocycles. The third-order valence-electron chi connectivity index (χ3n) is 3.64. The zero-order valence-corrected chi connectivity index (χ0v) is 12.5. The molecule has 1 atom stereocenters. The lowest BCUT2D eigenvalue weighted by molar-refractivity contribution is 0.266. The number of benzene rings is 1. The quantitative estimate of drug-likeness (QED) is 0.734. The number of nitrogens with one attached hydrogen (secondary N) is 1. The fourth-order valence-corrected chi connectivity index (χ4v) is 2.33. The van der Waals surface area contributed by atoms with E-state index in [0.717, 1.165) is 31.6 Å². The molecule has 0 spiro atoms. The summed E-state index contributed by atoms with van der Waals surface area (Å²) in [5.41, 5.74) is 0.775. The number of rotatable bonds is 9. The topological polar surface area (TPSA) is 15.3 Å². The van der Waals surface area contributed by atoms with Gasteiger partial charge in [0.25, 0.3) is 0 Å². The van der Waals surface area contributed by atoms with Crippen LogP contribution in [-0.4, -0.2) is 31.6 Å². The summed E-state index contributed by atoms with van der Waals surface area (Å²) in [6.07, 6.45) is 3.39. The minimum atomic E-state index is -0.113. The van der Waals surface area contributed by atoms with Gasteiger partial charge in [0, 0.05) is 11.6 Å². The molecule has 1 N–H and O–H groups in total. The van der Waals surface area contributed by atoms with E-state index in [0.29, 0.717) is 0 Å². The predicted molar refractivity (Wildman–Crippen MR) is 79.8 cm³/mol. The Morgan fingerprint density at radius 2 is 1.95 bits per heavy atom. The molecule has 1 unspecified atom stereocenters. The molecule has 0 radical (unpaired) electrons. The van der Waals surface area contributed by atoms with Crippen molar-refractivity contribution in [2.24, 2.45) is 0 Å². The fourth-order valence-electron chi connectivity index (χ4n) is 2.33. The van der Waals surface area contributed by atoms with Crippen LogP contribution in [0.1, 0.15) is 44.7 Å². The molecule has 19 heavy (non-hydrogen) atoms. The van der Waals surface area contributed by atoms with Gasteiger partial charge in [-0.3, -0.25) is 0 Å². The first kappa shape index (κ1) is 16.1. The molecule has 1 rings (SSSR count). The second-order valence-electron chi connectivity index (χ2n) is 4.94. The van der Waals surface area contributed by atoms with Gasteiger partial charge < -0.3 is 10.2 Å². The number of halogens is 1. The molecule has 0 aromatic heterocycles. The largest absolute Gasteiger partial charge is 0.313 e. The van der Waals surface area contributed by atoms with Crippen LogP contribution >= 0.6 is 0 Å². The van der Waals surface area contributed by atoms with Gasteiger partial charge in [0.1, 0.15) is 5.82 Å². The van der Waals surface area contributed by atoms with E-state index >= 15 is 0 Å². The Balaban J connectivity index is 2.55. The van der Waals surface area contributed by atoms with Crippen LogP contribution in [0.2, 0.25) is 0 Å². The molecule has 0 aliphatic carbocycles. The molecule has 0 amide bonds. The summed E-state index contributed by atoms with van der Waals surface area (Å²) >= 11 is 0. The van der Waals surface area contributed by atoms with Crippen molar-refractivity contribution in [1.82, 2.24) is 10.2 Å². The molecule has 1 aromatic carbocycles. The summed E-state index contributed by atoms with van der Waals surface area (Å²) < 4.78 is 13.8. The highest BCUT2D eigenvalue weighted by molar-refractivity contribution is 5.21. The maximum absolute atomic E-state index is 13.8. The molecule has 0 saturated heterocycles. The Kier molecular flexibility index (Phi) is 7.68. The maximum Gasteiger partial charge on any atom is 0.127 e. The Hall–Kier alpha value is -0.930. The van der Waals surface area contributed by atoms with Crippen LogP contribution < -0.4 is 5.32 Å². The van der Waals surface area contributed by atoms with E-state index < -0.39 is 0 Å². The predicted octanol–water partition coefficient (Wildman–Crippen LogP) is 3.60. The van der Waals surface area contributed by atoms with E-state index in [1.165, 1.54) is 18.9 Å². The Labute approximate surface area is 117 Å². The van der Waals surface area contributed by atoms with E-state index in [1.54, 1.807) is 6.07 Å². The summed E-state index contributed by atoms with van der Waals surface area (Å²) in [6.45, 7) is 7.61. The highest BCUT2D eigenvalue weighted by Gasteiger charge is 2.14. The zero-order valence-electron chi connectivity index (χ0n) is 12.5. The Bertz CT molecular complexity index is 354. The molecule has 2 nitrogen and oxygen atoms in total. The van der Waals surface area contributed by atoms with Crippen molar-refractivity contribution in [2.75, 3.05) is 26.7 Å². The van der Waals surface area contributed by atoms with Gasteiger partial charge in [-0.15, -0.1) is 0 Å². The normalized spacial score (nSPS) is 12.9. The van der Waals surface area contributed by atoms with Crippen molar-refractivity contribution in [3.05, 3.63) is 35.6 Å². The second kappa shape index (κ2) is 9.05. The van der Waals surface area contributed by atoms with E-state index in [9.17, 15) is 4.39 Å². The van der Waals surface area contributed by atoms with Crippen LogP contribution in [0.25, 0.3) is 0 Å². The van der Waals surface area contributed by atoms with E-state index in [-0.39, 0.29) is 11.9 Å². The van der Waals surface area contributed by atoms with Gasteiger partial charge in [0.15, 0.2) is 0 Å². The highest BCUT2D eigenvalue weighted by Crippen LogP contribution is 2.20. The lowest BCUT2D eigenvalue weighted by Crippen LogP contribution is -2.29. The summed E-state index contributed by atoms with van der Waals surface area (Å²) in [5.74, 6) is -0.113. The van der Waals surface area contributed by atoms with Crippen molar-refractivity contribution in [1.29, 1.82) is 0 Å². The van der Waals surface area contributed by atoms with Crippen molar-refractivity contribution in [3.8, 4) is 0 Å². The van der Waals surface area contributed by atoms with Crippen LogP contribution in [0.3, 0.4) is 0 Å². The first-order valence-electron chi connectivity index (χ1n) is 7.36. The smallest absolute Gasteiger partial charge is 0.127 e. The first-order valence-corrected chi connectivity index (χ1v) is 7.36. The number of hydrogen-bond acceptors (Lipinski definition) is 2. The molecule has 0 aliphatic heterocycles. The second-order valence-corrected chi connectivity index (χ2v) is 4.94. The average molecular weight is 266 g/mol. The molecular weight excluding hydrogens is 239 g/mol. The fraction of sp³-hybridized carbons (Fsp3) is 0.625. The van der Waals surface area contributed by atoms with Crippen molar-refractivity contribution < 1.29 is 4.39 Å². The molecular formula is C16H27FN2. The zero-order chi connectivity index (χ0) is 14.1. The Morgan fingerprint density at radius 1 is 1.21 bits per heavy atom. The first-order chi connectivity index (χ1) is 9.22. The Morgan fingerprint density at radius 3 is 2.53 bits per heavy atom. The van der Waals surface area contributed by atoms with Crippen molar-refractivity contribution in [2.45, 2.75) is 39.2 Å². The summed E-state index contributed by atoms with van der Waals surface area (Å²) in [4.78, 5) is 2.44. The monoisotopic (exact) mass is 266 g/mol. The summed E-state index contributed by atoms with van der Waals surface area (Å²) in [6, 6.07) is 7.15. The van der Waals surface area contributed by atoms with Crippen LogP contribution in [-0.2, 0) is 0 Å². The third kappa shape index (κ3) is 5.29. The maximum atomic E-state index is 13.8. The van der Waals surface area contributed by atoms with Gasteiger partial charge in [-0.2, -0.15) is 0 Å². The molecule has 1 aromatic rings. The summed E-state index contributed by atoms with van der Waals surface area (Å²) in [7, 11) is 1.90. The molecule has 0 bridgehead atoms. The molecule has 0 fully saturated rings. The standard InChI is InChI=1S/C16H27FN2/c1-4-6-12-19(5-2)13-11-16(18-3)14-9-7-8-10-15(14)17/h7-10,16,18H,4-6,11-13H2,1-3H3. The molecule has 108 valence electrons. The average Bonchev–Trinajstić information content (AvgIpc) is 2.44. The lowest BCUT2D eigenvalue weighted by Gasteiger charge is -2.24. The van der Waals surface area contributed by atoms with E-state index in [1.807, 2.05) is 19.2 Å². The minimum absolute atomic E-state index is 0.0943. The molecule has 3 heteroatoms. The van der Waals surface area contributed by atoms with Crippen LogP contribution in [0.15, 0.2) is 24.3 Å². The molecule has 0 aliphatic rings. The number of hydrogen-bond donors (Lipinski definition) is 1. The van der Waals surface area contributed by atoms with Crippen LogP contribution in [0.5, 0.6) is 0 Å². The molecule has 0 heterocycles. The number of nitrogens with zero attached hydrogens (tertiary/aromatic N) is 1. The SMILES string of the molecule is CCCCN(CC)CCC(NC)c1ccccc1F. The van der Waals surface area contributed by atoms with Gasteiger partial charge in [-0.05, 0) is 45.6 Å². The van der Waals surface area contributed by atoms with Gasteiger partial charge >= 0.3 is 0 Å². The third-order valence-corrected chi connectivity index (χ3v) is 3.64. The van der Waals surface area contributed by atoms with Gasteiger partial charge in [0.2, 0.25) is 0 Å². The van der Waals surface area contributed by atoms with Gasteiger partial charge in [-0.25, -0.2) is 4.39 Å². The highest BCUT2D eigenvalue weighted by atomic mass is 19.1. The van der Waals surface area contributed by atoms with E-state index in [4.69, 9.17) is 0 Å². The van der Waals surface area contributed by atoms with Crippen molar-refractivity contribution >= 4 is 0 Å². The van der Waals surface area contributed by atoms with Crippen molar-refractivity contribution in [3.63, 3.8) is 0 Å². The summed E-state index contributed by atoms with van der Waals surface area (Å²) in [5, 5.41) is 3.23. The number of unbranched alkanes of at least 4 members (excludes halogenated alkanes) is 1. The van der Waals surface area contributed by atoms with E-state index in [2.05, 4.69) is 24.1 Å². The van der Waals surface area contributed by atoms with Crippen LogP contribution in [0, 0.1) is 5.82 Å². The van der Waals surface area contributed by atoms with Gasteiger partial charge in [-0.1, -0.05) is 38.5 Å². The lowest BCUT2D eigenvalue weighted by atomic mass is 10.0. The van der Waals surface area contributed by atoms with Gasteiger partial charge in [0.05, 0.1) is 0 Å². The minimum Gasteiger partial charge on any atom is -0.313 e.